The summed E-state index contributed by atoms with van der Waals surface area (Å²) >= 11 is 0. The molecule has 1 aromatic heterocycles. The largest absolute Gasteiger partial charge is 0.465 e. The molecule has 1 fully saturated rings. The number of aromatic nitrogens is 2. The Balaban J connectivity index is 2.10. The fourth-order valence-corrected chi connectivity index (χ4v) is 2.61. The van der Waals surface area contributed by atoms with Gasteiger partial charge in [0.1, 0.15) is 6.04 Å². The van der Waals surface area contributed by atoms with E-state index in [9.17, 15) is 4.79 Å². The smallest absolute Gasteiger partial charge is 0.324 e. The summed E-state index contributed by atoms with van der Waals surface area (Å²) in [6, 6.07) is 1.89. The standard InChI is InChI=1S/C14H24N4O2/c1-4-18-12(8-11(3)16-18)10-17-7-6-15-9-13(17)14(19)20-5-2/h8,13,15H,4-7,9-10H2,1-3H3. The molecule has 2 heterocycles. The van der Waals surface area contributed by atoms with Crippen molar-refractivity contribution in [3.63, 3.8) is 0 Å². The summed E-state index contributed by atoms with van der Waals surface area (Å²) in [5, 5.41) is 7.72. The highest BCUT2D eigenvalue weighted by molar-refractivity contribution is 5.76. The molecular formula is C14H24N4O2. The topological polar surface area (TPSA) is 59.4 Å². The lowest BCUT2D eigenvalue weighted by atomic mass is 10.2. The second-order valence-corrected chi connectivity index (χ2v) is 5.04. The maximum Gasteiger partial charge on any atom is 0.324 e. The average Bonchev–Trinajstić information content (AvgIpc) is 2.79. The predicted octanol–water partition coefficient (Wildman–Crippen LogP) is 0.548. The van der Waals surface area contributed by atoms with Crippen LogP contribution in [0.1, 0.15) is 25.2 Å². The average molecular weight is 280 g/mol. The first-order valence-corrected chi connectivity index (χ1v) is 7.30. The van der Waals surface area contributed by atoms with Crippen LogP contribution < -0.4 is 5.32 Å². The monoisotopic (exact) mass is 280 g/mol. The third-order valence-corrected chi connectivity index (χ3v) is 3.56. The van der Waals surface area contributed by atoms with Crippen LogP contribution in [-0.4, -0.2) is 52.9 Å². The van der Waals surface area contributed by atoms with Crippen molar-refractivity contribution < 1.29 is 9.53 Å². The van der Waals surface area contributed by atoms with E-state index in [0.717, 1.165) is 37.6 Å². The molecule has 2 rings (SSSR count). The van der Waals surface area contributed by atoms with Gasteiger partial charge < -0.3 is 10.1 Å². The molecule has 1 saturated heterocycles. The maximum atomic E-state index is 12.0. The van der Waals surface area contributed by atoms with Crippen molar-refractivity contribution in [2.75, 3.05) is 26.2 Å². The first-order valence-electron chi connectivity index (χ1n) is 7.30. The maximum absolute atomic E-state index is 12.0. The molecule has 6 nitrogen and oxygen atoms in total. The number of carbonyl (C=O) groups is 1. The summed E-state index contributed by atoms with van der Waals surface area (Å²) < 4.78 is 7.17. The number of nitrogens with zero attached hydrogens (tertiary/aromatic N) is 3. The van der Waals surface area contributed by atoms with E-state index in [4.69, 9.17) is 4.74 Å². The van der Waals surface area contributed by atoms with Crippen molar-refractivity contribution in [3.05, 3.63) is 17.5 Å². The molecule has 1 aliphatic heterocycles. The van der Waals surface area contributed by atoms with Gasteiger partial charge in [0.2, 0.25) is 0 Å². The summed E-state index contributed by atoms with van der Waals surface area (Å²) in [7, 11) is 0. The van der Waals surface area contributed by atoms with E-state index in [-0.39, 0.29) is 12.0 Å². The fourth-order valence-electron chi connectivity index (χ4n) is 2.61. The van der Waals surface area contributed by atoms with E-state index in [1.807, 2.05) is 18.5 Å². The number of ether oxygens (including phenoxy) is 1. The van der Waals surface area contributed by atoms with Crippen molar-refractivity contribution in [2.24, 2.45) is 0 Å². The molecular weight excluding hydrogens is 256 g/mol. The van der Waals surface area contributed by atoms with Crippen molar-refractivity contribution >= 4 is 5.97 Å². The van der Waals surface area contributed by atoms with E-state index in [1.54, 1.807) is 0 Å². The molecule has 1 unspecified atom stereocenters. The van der Waals surface area contributed by atoms with E-state index in [2.05, 4.69) is 28.3 Å². The number of rotatable bonds is 5. The van der Waals surface area contributed by atoms with Gasteiger partial charge in [-0.2, -0.15) is 5.10 Å². The summed E-state index contributed by atoms with van der Waals surface area (Å²) in [4.78, 5) is 14.2. The van der Waals surface area contributed by atoms with Gasteiger partial charge in [0.15, 0.2) is 0 Å². The SMILES string of the molecule is CCOC(=O)C1CNCCN1Cc1cc(C)nn1CC. The number of hydrogen-bond acceptors (Lipinski definition) is 5. The van der Waals surface area contributed by atoms with Crippen LogP contribution in [0.15, 0.2) is 6.07 Å². The second kappa shape index (κ2) is 6.85. The number of hydrogen-bond donors (Lipinski definition) is 1. The normalized spacial score (nSPS) is 20.1. The Labute approximate surface area is 120 Å². The number of nitrogens with one attached hydrogen (secondary N) is 1. The van der Waals surface area contributed by atoms with Crippen LogP contribution in [0.5, 0.6) is 0 Å². The molecule has 20 heavy (non-hydrogen) atoms. The van der Waals surface area contributed by atoms with Gasteiger partial charge in [-0.1, -0.05) is 0 Å². The van der Waals surface area contributed by atoms with E-state index in [1.165, 1.54) is 0 Å². The third kappa shape index (κ3) is 3.37. The second-order valence-electron chi connectivity index (χ2n) is 5.04. The molecule has 1 atom stereocenters. The highest BCUT2D eigenvalue weighted by Gasteiger charge is 2.30. The molecule has 0 radical (unpaired) electrons. The zero-order valence-electron chi connectivity index (χ0n) is 12.6. The lowest BCUT2D eigenvalue weighted by Crippen LogP contribution is -2.55. The lowest BCUT2D eigenvalue weighted by molar-refractivity contribution is -0.150. The molecule has 112 valence electrons. The Bertz CT molecular complexity index is 458. The molecule has 0 saturated carbocycles. The number of piperazine rings is 1. The van der Waals surface area contributed by atoms with Crippen LogP contribution in [-0.2, 0) is 22.6 Å². The Morgan fingerprint density at radius 2 is 2.35 bits per heavy atom. The van der Waals surface area contributed by atoms with E-state index < -0.39 is 0 Å². The molecule has 1 aromatic rings. The molecule has 0 aromatic carbocycles. The zero-order chi connectivity index (χ0) is 14.5. The first-order chi connectivity index (χ1) is 9.65. The molecule has 1 N–H and O–H groups in total. The quantitative estimate of drug-likeness (QED) is 0.798. The Hall–Kier alpha value is -1.40. The predicted molar refractivity (Wildman–Crippen MR) is 76.3 cm³/mol. The lowest BCUT2D eigenvalue weighted by Gasteiger charge is -2.34. The van der Waals surface area contributed by atoms with Crippen LogP contribution in [0.3, 0.4) is 0 Å². The summed E-state index contributed by atoms with van der Waals surface area (Å²) in [5.41, 5.74) is 2.17. The van der Waals surface area contributed by atoms with Crippen LogP contribution in [0.2, 0.25) is 0 Å². The van der Waals surface area contributed by atoms with Crippen LogP contribution in [0.25, 0.3) is 0 Å². The first kappa shape index (κ1) is 15.0. The fraction of sp³-hybridized carbons (Fsp3) is 0.714. The van der Waals surface area contributed by atoms with Crippen molar-refractivity contribution in [1.82, 2.24) is 20.0 Å². The minimum Gasteiger partial charge on any atom is -0.465 e. The van der Waals surface area contributed by atoms with Gasteiger partial charge in [0, 0.05) is 32.7 Å². The van der Waals surface area contributed by atoms with Gasteiger partial charge >= 0.3 is 5.97 Å². The Kier molecular flexibility index (Phi) is 5.14. The van der Waals surface area contributed by atoms with Gasteiger partial charge in [-0.05, 0) is 26.8 Å². The molecule has 0 spiro atoms. The third-order valence-electron chi connectivity index (χ3n) is 3.56. The number of aryl methyl sites for hydroxylation is 2. The number of carbonyl (C=O) groups excluding carboxylic acids is 1. The van der Waals surface area contributed by atoms with Gasteiger partial charge in [-0.3, -0.25) is 14.4 Å². The van der Waals surface area contributed by atoms with Gasteiger partial charge in [0.05, 0.1) is 18.0 Å². The van der Waals surface area contributed by atoms with Crippen molar-refractivity contribution in [1.29, 1.82) is 0 Å². The summed E-state index contributed by atoms with van der Waals surface area (Å²) in [6.45, 7) is 10.3. The van der Waals surface area contributed by atoms with Gasteiger partial charge in [0.25, 0.3) is 0 Å². The van der Waals surface area contributed by atoms with Crippen LogP contribution >= 0.6 is 0 Å². The Morgan fingerprint density at radius 1 is 1.55 bits per heavy atom. The molecule has 0 aliphatic carbocycles. The zero-order valence-corrected chi connectivity index (χ0v) is 12.6. The minimum atomic E-state index is -0.204. The molecule has 1 aliphatic rings. The molecule has 6 heteroatoms. The van der Waals surface area contributed by atoms with E-state index in [0.29, 0.717) is 13.2 Å². The van der Waals surface area contributed by atoms with Crippen LogP contribution in [0, 0.1) is 6.92 Å². The molecule has 0 amide bonds. The molecule has 0 bridgehead atoms. The highest BCUT2D eigenvalue weighted by atomic mass is 16.5. The Morgan fingerprint density at radius 3 is 3.05 bits per heavy atom. The van der Waals surface area contributed by atoms with Gasteiger partial charge in [-0.15, -0.1) is 0 Å². The highest BCUT2D eigenvalue weighted by Crippen LogP contribution is 2.13. The van der Waals surface area contributed by atoms with E-state index >= 15 is 0 Å². The number of esters is 1. The van der Waals surface area contributed by atoms with Crippen molar-refractivity contribution in [2.45, 2.75) is 39.9 Å². The van der Waals surface area contributed by atoms with Gasteiger partial charge in [-0.25, -0.2) is 0 Å². The summed E-state index contributed by atoms with van der Waals surface area (Å²) in [6.07, 6.45) is 0. The minimum absolute atomic E-state index is 0.140. The van der Waals surface area contributed by atoms with Crippen molar-refractivity contribution in [3.8, 4) is 0 Å². The summed E-state index contributed by atoms with van der Waals surface area (Å²) in [5.74, 6) is -0.140. The van der Waals surface area contributed by atoms with Crippen LogP contribution in [0.4, 0.5) is 0 Å².